The lowest BCUT2D eigenvalue weighted by atomic mass is 9.89. The summed E-state index contributed by atoms with van der Waals surface area (Å²) in [6, 6.07) is 0.711. The van der Waals surface area contributed by atoms with Gasteiger partial charge in [0.2, 0.25) is 5.91 Å². The van der Waals surface area contributed by atoms with Crippen molar-refractivity contribution >= 4 is 5.91 Å². The van der Waals surface area contributed by atoms with Crippen LogP contribution in [-0.2, 0) is 4.79 Å². The first-order chi connectivity index (χ1) is 9.45. The van der Waals surface area contributed by atoms with Crippen LogP contribution in [0.25, 0.3) is 0 Å². The minimum Gasteiger partial charge on any atom is -0.343 e. The number of amides is 1. The van der Waals surface area contributed by atoms with Gasteiger partial charge in [0.1, 0.15) is 0 Å². The molecule has 1 amide bonds. The maximum atomic E-state index is 12.1. The molecule has 2 aliphatic rings. The van der Waals surface area contributed by atoms with Crippen LogP contribution in [0, 0.1) is 17.8 Å². The zero-order chi connectivity index (χ0) is 14.7. The number of rotatable bonds is 3. The second-order valence-electron chi connectivity index (χ2n) is 7.61. The van der Waals surface area contributed by atoms with Crippen molar-refractivity contribution in [3.8, 4) is 0 Å². The zero-order valence-electron chi connectivity index (χ0n) is 13.8. The minimum atomic E-state index is 0.360. The summed E-state index contributed by atoms with van der Waals surface area (Å²) in [7, 11) is 0. The van der Waals surface area contributed by atoms with Crippen LogP contribution in [0.3, 0.4) is 0 Å². The van der Waals surface area contributed by atoms with Crippen molar-refractivity contribution in [1.29, 1.82) is 0 Å². The largest absolute Gasteiger partial charge is 0.343 e. The summed E-state index contributed by atoms with van der Waals surface area (Å²) in [6.45, 7) is 13.5. The van der Waals surface area contributed by atoms with Crippen molar-refractivity contribution in [1.82, 2.24) is 9.80 Å². The van der Waals surface area contributed by atoms with Gasteiger partial charge in [-0.3, -0.25) is 9.69 Å². The van der Waals surface area contributed by atoms with E-state index in [0.29, 0.717) is 24.3 Å². The molecule has 20 heavy (non-hydrogen) atoms. The van der Waals surface area contributed by atoms with E-state index in [0.717, 1.165) is 24.9 Å². The fourth-order valence-corrected chi connectivity index (χ4v) is 3.97. The molecule has 2 heterocycles. The Labute approximate surface area is 124 Å². The Balaban J connectivity index is 1.80. The van der Waals surface area contributed by atoms with Crippen LogP contribution >= 0.6 is 0 Å². The first kappa shape index (κ1) is 15.8. The van der Waals surface area contributed by atoms with Crippen molar-refractivity contribution < 1.29 is 4.79 Å². The Kier molecular flexibility index (Phi) is 5.48. The number of piperidine rings is 2. The highest BCUT2D eigenvalue weighted by Crippen LogP contribution is 2.26. The molecule has 0 unspecified atom stereocenters. The lowest BCUT2D eigenvalue weighted by molar-refractivity contribution is -0.133. The lowest BCUT2D eigenvalue weighted by Gasteiger charge is -2.43. The maximum absolute atomic E-state index is 12.1. The molecule has 2 saturated heterocycles. The summed E-state index contributed by atoms with van der Waals surface area (Å²) in [5, 5.41) is 0. The third-order valence-corrected chi connectivity index (χ3v) is 4.81. The highest BCUT2D eigenvalue weighted by atomic mass is 16.2. The van der Waals surface area contributed by atoms with Crippen molar-refractivity contribution in [2.45, 2.75) is 59.4 Å². The number of hydrogen-bond donors (Lipinski definition) is 0. The van der Waals surface area contributed by atoms with Crippen molar-refractivity contribution in [3.63, 3.8) is 0 Å². The van der Waals surface area contributed by atoms with E-state index in [-0.39, 0.29) is 0 Å². The van der Waals surface area contributed by atoms with Gasteiger partial charge < -0.3 is 4.90 Å². The van der Waals surface area contributed by atoms with Gasteiger partial charge in [0.05, 0.1) is 0 Å². The van der Waals surface area contributed by atoms with Gasteiger partial charge in [-0.2, -0.15) is 0 Å². The molecule has 2 aliphatic heterocycles. The summed E-state index contributed by atoms with van der Waals surface area (Å²) in [6.07, 6.45) is 4.43. The van der Waals surface area contributed by atoms with Gasteiger partial charge in [-0.05, 0) is 37.0 Å². The standard InChI is InChI=1S/C17H32N2O/c1-13(2)9-17(20)18-7-5-16(6-8-18)19-11-14(3)10-15(4)12-19/h13-16H,5-12H2,1-4H3/t14-,15-/m0/s1. The second-order valence-corrected chi connectivity index (χ2v) is 7.61. The smallest absolute Gasteiger partial charge is 0.222 e. The Bertz CT molecular complexity index is 311. The molecule has 3 nitrogen and oxygen atoms in total. The van der Waals surface area contributed by atoms with Gasteiger partial charge in [0.25, 0.3) is 0 Å². The van der Waals surface area contributed by atoms with E-state index < -0.39 is 0 Å². The van der Waals surface area contributed by atoms with Crippen LogP contribution in [-0.4, -0.2) is 47.9 Å². The van der Waals surface area contributed by atoms with Gasteiger partial charge in [-0.15, -0.1) is 0 Å². The van der Waals surface area contributed by atoms with Crippen LogP contribution in [0.4, 0.5) is 0 Å². The molecule has 2 atom stereocenters. The van der Waals surface area contributed by atoms with Crippen LogP contribution in [0.15, 0.2) is 0 Å². The van der Waals surface area contributed by atoms with E-state index in [1.54, 1.807) is 0 Å². The first-order valence-corrected chi connectivity index (χ1v) is 8.47. The van der Waals surface area contributed by atoms with E-state index in [1.165, 1.54) is 32.4 Å². The highest BCUT2D eigenvalue weighted by Gasteiger charge is 2.31. The molecule has 0 aromatic carbocycles. The SMILES string of the molecule is CC(C)CC(=O)N1CCC(N2C[C@@H](C)C[C@H](C)C2)CC1. The Morgan fingerprint density at radius 3 is 2.15 bits per heavy atom. The summed E-state index contributed by atoms with van der Waals surface area (Å²) in [5.41, 5.74) is 0. The van der Waals surface area contributed by atoms with Crippen LogP contribution in [0.5, 0.6) is 0 Å². The summed E-state index contributed by atoms with van der Waals surface area (Å²) in [5.74, 6) is 2.50. The van der Waals surface area contributed by atoms with E-state index in [4.69, 9.17) is 0 Å². The van der Waals surface area contributed by atoms with Gasteiger partial charge in [0.15, 0.2) is 0 Å². The fourth-order valence-electron chi connectivity index (χ4n) is 3.97. The first-order valence-electron chi connectivity index (χ1n) is 8.47. The molecule has 0 N–H and O–H groups in total. The summed E-state index contributed by atoms with van der Waals surface area (Å²) < 4.78 is 0. The van der Waals surface area contributed by atoms with Crippen molar-refractivity contribution in [2.75, 3.05) is 26.2 Å². The number of likely N-dealkylation sites (tertiary alicyclic amines) is 2. The lowest BCUT2D eigenvalue weighted by Crippen LogP contribution is -2.50. The number of carbonyl (C=O) groups is 1. The molecular weight excluding hydrogens is 248 g/mol. The average Bonchev–Trinajstić information content (AvgIpc) is 2.37. The Hall–Kier alpha value is -0.570. The molecular formula is C17H32N2O. The van der Waals surface area contributed by atoms with Crippen LogP contribution in [0.1, 0.15) is 53.4 Å². The fraction of sp³-hybridized carbons (Fsp3) is 0.941. The second kappa shape index (κ2) is 6.93. The predicted molar refractivity (Wildman–Crippen MR) is 83.6 cm³/mol. The van der Waals surface area contributed by atoms with Gasteiger partial charge >= 0.3 is 0 Å². The molecule has 0 aromatic rings. The van der Waals surface area contributed by atoms with Crippen LogP contribution in [0.2, 0.25) is 0 Å². The molecule has 0 bridgehead atoms. The van der Waals surface area contributed by atoms with Crippen molar-refractivity contribution in [3.05, 3.63) is 0 Å². The molecule has 0 saturated carbocycles. The van der Waals surface area contributed by atoms with Gasteiger partial charge in [-0.1, -0.05) is 27.7 Å². The van der Waals surface area contributed by atoms with E-state index in [2.05, 4.69) is 37.5 Å². The normalized spacial score (nSPS) is 29.9. The van der Waals surface area contributed by atoms with Gasteiger partial charge in [0, 0.05) is 38.6 Å². The third-order valence-electron chi connectivity index (χ3n) is 4.81. The molecule has 116 valence electrons. The topological polar surface area (TPSA) is 23.6 Å². The summed E-state index contributed by atoms with van der Waals surface area (Å²) >= 11 is 0. The maximum Gasteiger partial charge on any atom is 0.222 e. The molecule has 0 spiro atoms. The Morgan fingerprint density at radius 1 is 1.10 bits per heavy atom. The molecule has 2 fully saturated rings. The quantitative estimate of drug-likeness (QED) is 0.793. The van der Waals surface area contributed by atoms with Crippen molar-refractivity contribution in [2.24, 2.45) is 17.8 Å². The molecule has 0 aliphatic carbocycles. The average molecular weight is 280 g/mol. The monoisotopic (exact) mass is 280 g/mol. The molecule has 2 rings (SSSR count). The van der Waals surface area contributed by atoms with E-state index in [9.17, 15) is 4.79 Å². The minimum absolute atomic E-state index is 0.360. The van der Waals surface area contributed by atoms with Gasteiger partial charge in [-0.25, -0.2) is 0 Å². The predicted octanol–water partition coefficient (Wildman–Crippen LogP) is 3.00. The van der Waals surface area contributed by atoms with E-state index >= 15 is 0 Å². The Morgan fingerprint density at radius 2 is 1.65 bits per heavy atom. The highest BCUT2D eigenvalue weighted by molar-refractivity contribution is 5.76. The van der Waals surface area contributed by atoms with Crippen LogP contribution < -0.4 is 0 Å². The number of nitrogens with zero attached hydrogens (tertiary/aromatic N) is 2. The molecule has 0 radical (unpaired) electrons. The third kappa shape index (κ3) is 4.21. The number of carbonyl (C=O) groups excluding carboxylic acids is 1. The molecule has 0 aromatic heterocycles. The molecule has 3 heteroatoms. The zero-order valence-corrected chi connectivity index (χ0v) is 13.8. The summed E-state index contributed by atoms with van der Waals surface area (Å²) in [4.78, 5) is 16.9. The number of hydrogen-bond acceptors (Lipinski definition) is 2. The van der Waals surface area contributed by atoms with E-state index in [1.807, 2.05) is 0 Å².